The third-order valence-corrected chi connectivity index (χ3v) is 3.47. The lowest BCUT2D eigenvalue weighted by Gasteiger charge is -2.06. The van der Waals surface area contributed by atoms with Crippen molar-refractivity contribution in [3.05, 3.63) is 29.5 Å². The molecule has 104 valence electrons. The molecule has 2 heterocycles. The van der Waals surface area contributed by atoms with Crippen molar-refractivity contribution in [1.29, 1.82) is 0 Å². The molecule has 1 atom stereocenters. The molecule has 2 aromatic rings. The Morgan fingerprint density at radius 2 is 2.05 bits per heavy atom. The van der Waals surface area contributed by atoms with Crippen LogP contribution in [-0.4, -0.2) is 38.5 Å². The van der Waals surface area contributed by atoms with Crippen LogP contribution in [0.1, 0.15) is 16.6 Å². The van der Waals surface area contributed by atoms with E-state index in [0.717, 1.165) is 11.3 Å². The van der Waals surface area contributed by atoms with E-state index >= 15 is 0 Å². The maximum Gasteiger partial charge on any atom is 0.308 e. The maximum atomic E-state index is 11.8. The van der Waals surface area contributed by atoms with Gasteiger partial charge in [0.1, 0.15) is 4.88 Å². The summed E-state index contributed by atoms with van der Waals surface area (Å²) in [7, 11) is 0. The summed E-state index contributed by atoms with van der Waals surface area (Å²) in [5.74, 6) is -1.48. The van der Waals surface area contributed by atoms with Crippen LogP contribution in [0.5, 0.6) is 0 Å². The molecule has 0 aliphatic carbocycles. The number of nitrogens with one attached hydrogen (secondary N) is 1. The van der Waals surface area contributed by atoms with E-state index in [4.69, 9.17) is 5.11 Å². The molecular formula is C12H12N4O3S. The molecule has 0 fully saturated rings. The third-order valence-electron chi connectivity index (χ3n) is 2.48. The number of carboxylic acids is 1. The van der Waals surface area contributed by atoms with Gasteiger partial charge in [-0.2, -0.15) is 0 Å². The molecule has 0 saturated carbocycles. The second kappa shape index (κ2) is 6.20. The average molecular weight is 292 g/mol. The van der Waals surface area contributed by atoms with Crippen LogP contribution in [0.15, 0.2) is 24.7 Å². The van der Waals surface area contributed by atoms with Gasteiger partial charge in [-0.3, -0.25) is 9.59 Å². The fourth-order valence-corrected chi connectivity index (χ4v) is 2.09. The van der Waals surface area contributed by atoms with E-state index < -0.39 is 11.9 Å². The molecule has 2 N–H and O–H groups in total. The van der Waals surface area contributed by atoms with Crippen molar-refractivity contribution in [2.24, 2.45) is 5.92 Å². The van der Waals surface area contributed by atoms with Crippen molar-refractivity contribution in [1.82, 2.24) is 20.3 Å². The summed E-state index contributed by atoms with van der Waals surface area (Å²) in [6.45, 7) is 1.60. The van der Waals surface area contributed by atoms with E-state index in [-0.39, 0.29) is 12.5 Å². The fraction of sp³-hybridized carbons (Fsp3) is 0.250. The molecular weight excluding hydrogens is 280 g/mol. The summed E-state index contributed by atoms with van der Waals surface area (Å²) in [5.41, 5.74) is 0. The Bertz CT molecular complexity index is 614. The number of aromatic nitrogens is 3. The van der Waals surface area contributed by atoms with Gasteiger partial charge in [0, 0.05) is 18.9 Å². The normalized spacial score (nSPS) is 11.8. The van der Waals surface area contributed by atoms with Crippen LogP contribution in [0, 0.1) is 5.92 Å². The standard InChI is InChI=1S/C12H12N4O3S/c1-7(12(18)19)5-15-10(17)8-6-16-11(20-8)9-13-3-2-4-14-9/h2-4,6-7H,5H2,1H3,(H,15,17)(H,18,19). The number of carboxylic acid groups (broad SMARTS) is 1. The number of nitrogens with zero attached hydrogens (tertiary/aromatic N) is 3. The molecule has 0 bridgehead atoms. The average Bonchev–Trinajstić information content (AvgIpc) is 2.95. The predicted octanol–water partition coefficient (Wildman–Crippen LogP) is 1.05. The van der Waals surface area contributed by atoms with E-state index in [1.54, 1.807) is 18.5 Å². The van der Waals surface area contributed by atoms with E-state index in [0.29, 0.717) is 15.7 Å². The Kier molecular flexibility index (Phi) is 4.36. The number of carbonyl (C=O) groups excluding carboxylic acids is 1. The zero-order chi connectivity index (χ0) is 14.5. The van der Waals surface area contributed by atoms with Gasteiger partial charge in [-0.15, -0.1) is 11.3 Å². The van der Waals surface area contributed by atoms with Gasteiger partial charge in [0.15, 0.2) is 10.8 Å². The van der Waals surface area contributed by atoms with Crippen LogP contribution >= 0.6 is 11.3 Å². The number of carbonyl (C=O) groups is 2. The lowest BCUT2D eigenvalue weighted by atomic mass is 10.2. The lowest BCUT2D eigenvalue weighted by Crippen LogP contribution is -2.30. The van der Waals surface area contributed by atoms with Gasteiger partial charge in [-0.25, -0.2) is 15.0 Å². The largest absolute Gasteiger partial charge is 0.481 e. The molecule has 8 heteroatoms. The Morgan fingerprint density at radius 1 is 1.35 bits per heavy atom. The number of rotatable bonds is 5. The quantitative estimate of drug-likeness (QED) is 0.853. The lowest BCUT2D eigenvalue weighted by molar-refractivity contribution is -0.140. The summed E-state index contributed by atoms with van der Waals surface area (Å²) >= 11 is 1.16. The minimum absolute atomic E-state index is 0.0727. The van der Waals surface area contributed by atoms with Crippen molar-refractivity contribution >= 4 is 23.2 Å². The van der Waals surface area contributed by atoms with Crippen molar-refractivity contribution in [3.63, 3.8) is 0 Å². The van der Waals surface area contributed by atoms with Crippen LogP contribution in [0.3, 0.4) is 0 Å². The molecule has 1 unspecified atom stereocenters. The number of amides is 1. The first-order valence-electron chi connectivity index (χ1n) is 5.82. The van der Waals surface area contributed by atoms with Crippen molar-refractivity contribution in [2.45, 2.75) is 6.92 Å². The molecule has 20 heavy (non-hydrogen) atoms. The van der Waals surface area contributed by atoms with Crippen molar-refractivity contribution in [3.8, 4) is 10.8 Å². The highest BCUT2D eigenvalue weighted by atomic mass is 32.1. The van der Waals surface area contributed by atoms with Crippen molar-refractivity contribution in [2.75, 3.05) is 6.54 Å². The highest BCUT2D eigenvalue weighted by Crippen LogP contribution is 2.21. The van der Waals surface area contributed by atoms with E-state index in [1.165, 1.54) is 13.1 Å². The number of aliphatic carboxylic acids is 1. The van der Waals surface area contributed by atoms with Crippen molar-refractivity contribution < 1.29 is 14.7 Å². The maximum absolute atomic E-state index is 11.8. The van der Waals surface area contributed by atoms with Crippen LogP contribution in [0.4, 0.5) is 0 Å². The number of thiazole rings is 1. The van der Waals surface area contributed by atoms with E-state index in [9.17, 15) is 9.59 Å². The first-order valence-corrected chi connectivity index (χ1v) is 6.64. The van der Waals surface area contributed by atoms with Crippen LogP contribution < -0.4 is 5.32 Å². The third kappa shape index (κ3) is 3.35. The van der Waals surface area contributed by atoms with E-state index in [2.05, 4.69) is 20.3 Å². The first-order chi connectivity index (χ1) is 9.58. The zero-order valence-electron chi connectivity index (χ0n) is 10.6. The molecule has 7 nitrogen and oxygen atoms in total. The predicted molar refractivity (Wildman–Crippen MR) is 72.3 cm³/mol. The van der Waals surface area contributed by atoms with Crippen LogP contribution in [-0.2, 0) is 4.79 Å². The molecule has 0 saturated heterocycles. The summed E-state index contributed by atoms with van der Waals surface area (Å²) in [6, 6.07) is 1.69. The van der Waals surface area contributed by atoms with Gasteiger partial charge >= 0.3 is 5.97 Å². The molecule has 0 aliphatic heterocycles. The van der Waals surface area contributed by atoms with Gasteiger partial charge in [0.05, 0.1) is 12.1 Å². The molecule has 0 aliphatic rings. The minimum Gasteiger partial charge on any atom is -0.481 e. The Morgan fingerprint density at radius 3 is 2.70 bits per heavy atom. The van der Waals surface area contributed by atoms with Gasteiger partial charge in [0.2, 0.25) is 0 Å². The SMILES string of the molecule is CC(CNC(=O)c1cnc(-c2ncccn2)s1)C(=O)O. The highest BCUT2D eigenvalue weighted by Gasteiger charge is 2.16. The van der Waals surface area contributed by atoms with Crippen LogP contribution in [0.2, 0.25) is 0 Å². The molecule has 0 radical (unpaired) electrons. The zero-order valence-corrected chi connectivity index (χ0v) is 11.4. The first kappa shape index (κ1) is 14.1. The molecule has 1 amide bonds. The monoisotopic (exact) mass is 292 g/mol. The van der Waals surface area contributed by atoms with Gasteiger partial charge in [0.25, 0.3) is 5.91 Å². The van der Waals surface area contributed by atoms with Crippen LogP contribution in [0.25, 0.3) is 10.8 Å². The Balaban J connectivity index is 2.02. The van der Waals surface area contributed by atoms with Gasteiger partial charge in [-0.1, -0.05) is 6.92 Å². The summed E-state index contributed by atoms with van der Waals surface area (Å²) in [5, 5.41) is 11.8. The second-order valence-corrected chi connectivity index (χ2v) is 5.08. The molecule has 0 aromatic carbocycles. The summed E-state index contributed by atoms with van der Waals surface area (Å²) in [4.78, 5) is 35.1. The van der Waals surface area contributed by atoms with Gasteiger partial charge < -0.3 is 10.4 Å². The Hall–Kier alpha value is -2.35. The Labute approximate surface area is 118 Å². The number of hydrogen-bond donors (Lipinski definition) is 2. The molecule has 0 spiro atoms. The minimum atomic E-state index is -0.951. The topological polar surface area (TPSA) is 105 Å². The van der Waals surface area contributed by atoms with Gasteiger partial charge in [-0.05, 0) is 6.07 Å². The summed E-state index contributed by atoms with van der Waals surface area (Å²) in [6.07, 6.45) is 4.62. The fourth-order valence-electron chi connectivity index (χ4n) is 1.31. The highest BCUT2D eigenvalue weighted by molar-refractivity contribution is 7.16. The van der Waals surface area contributed by atoms with E-state index in [1.807, 2.05) is 0 Å². The second-order valence-electron chi connectivity index (χ2n) is 4.05. The summed E-state index contributed by atoms with van der Waals surface area (Å²) < 4.78 is 0. The molecule has 2 rings (SSSR count). The molecule has 2 aromatic heterocycles. The smallest absolute Gasteiger partial charge is 0.308 e. The number of hydrogen-bond acceptors (Lipinski definition) is 6.